The molecule has 3 aliphatic rings. The van der Waals surface area contributed by atoms with Gasteiger partial charge in [0.25, 0.3) is 5.91 Å². The van der Waals surface area contributed by atoms with Gasteiger partial charge in [-0.1, -0.05) is 35.3 Å². The number of fused-ring (bicyclic) bond motifs is 1. The highest BCUT2D eigenvalue weighted by atomic mass is 35.5. The Morgan fingerprint density at radius 1 is 1.00 bits per heavy atom. The number of anilines is 1. The van der Waals surface area contributed by atoms with E-state index in [9.17, 15) is 24.3 Å². The number of aliphatic carboxylic acids is 1. The van der Waals surface area contributed by atoms with Gasteiger partial charge < -0.3 is 34.7 Å². The standard InChI is InChI=1S/C44H52Cl2N8O7/c1-44(2,3)61-43(59)54(23-28-14-16-35(55)48-28)22-27-13-15-31(51-41(27)60-5)29-17-19-47-38(37(29)46)30-7-6-8-33(36(30)45)50-40(56)39-49-32-18-20-53(24-34(32)52(39)4)21-25-9-11-26(12-10-25)42(57)58/h6-8,13,15,17,19,25-26,28H,9-12,14,16,18,20-24H2,1-5H3,(H,48,55)(H,50,56)(H,57,58)/t25?,26?,28-/m0/s1. The Kier molecular flexibility index (Phi) is 13.2. The fourth-order valence-corrected chi connectivity index (χ4v) is 8.98. The third kappa shape index (κ3) is 10.1. The monoisotopic (exact) mass is 874 g/mol. The maximum Gasteiger partial charge on any atom is 0.410 e. The van der Waals surface area contributed by atoms with E-state index in [-0.39, 0.29) is 52.7 Å². The molecule has 61 heavy (non-hydrogen) atoms. The van der Waals surface area contributed by atoms with Crippen molar-refractivity contribution < 1.29 is 33.8 Å². The molecule has 0 radical (unpaired) electrons. The minimum Gasteiger partial charge on any atom is -0.481 e. The van der Waals surface area contributed by atoms with E-state index in [2.05, 4.69) is 20.5 Å². The number of halogens is 2. The molecule has 3 N–H and O–H groups in total. The van der Waals surface area contributed by atoms with E-state index in [4.69, 9.17) is 42.6 Å². The number of imidazole rings is 1. The van der Waals surface area contributed by atoms with Crippen LogP contribution in [0, 0.1) is 11.8 Å². The minimum atomic E-state index is -0.722. The number of ether oxygens (including phenoxy) is 2. The summed E-state index contributed by atoms with van der Waals surface area (Å²) in [6.07, 6.45) is 6.07. The van der Waals surface area contributed by atoms with Crippen LogP contribution in [0.5, 0.6) is 5.88 Å². The second kappa shape index (κ2) is 18.4. The van der Waals surface area contributed by atoms with Crippen molar-refractivity contribution in [2.75, 3.05) is 32.1 Å². The molecule has 0 bridgehead atoms. The molecule has 1 atom stereocenters. The van der Waals surface area contributed by atoms with Crippen molar-refractivity contribution in [3.8, 4) is 28.4 Å². The van der Waals surface area contributed by atoms with Crippen molar-refractivity contribution in [1.82, 2.24) is 34.6 Å². The molecule has 1 saturated carbocycles. The van der Waals surface area contributed by atoms with Crippen molar-refractivity contribution in [3.63, 3.8) is 0 Å². The van der Waals surface area contributed by atoms with Gasteiger partial charge in [-0.05, 0) is 83.1 Å². The largest absolute Gasteiger partial charge is 0.481 e. The average Bonchev–Trinajstić information content (AvgIpc) is 3.79. The number of benzene rings is 1. The lowest BCUT2D eigenvalue weighted by Gasteiger charge is -2.33. The highest BCUT2D eigenvalue weighted by Crippen LogP contribution is 2.40. The van der Waals surface area contributed by atoms with Crippen molar-refractivity contribution in [2.45, 2.75) is 90.4 Å². The average molecular weight is 876 g/mol. The van der Waals surface area contributed by atoms with E-state index >= 15 is 0 Å². The van der Waals surface area contributed by atoms with Crippen LogP contribution in [0.1, 0.15) is 86.9 Å². The molecular formula is C44H52Cl2N8O7. The molecule has 3 amide bonds. The van der Waals surface area contributed by atoms with Crippen LogP contribution < -0.4 is 15.4 Å². The smallest absolute Gasteiger partial charge is 0.410 e. The van der Waals surface area contributed by atoms with E-state index in [1.54, 1.807) is 62.2 Å². The normalized spacial score (nSPS) is 19.2. The Morgan fingerprint density at radius 3 is 2.46 bits per heavy atom. The molecule has 2 aliphatic heterocycles. The molecule has 5 heterocycles. The predicted molar refractivity (Wildman–Crippen MR) is 231 cm³/mol. The van der Waals surface area contributed by atoms with Crippen molar-refractivity contribution in [3.05, 3.63) is 75.4 Å². The van der Waals surface area contributed by atoms with E-state index < -0.39 is 23.6 Å². The lowest BCUT2D eigenvalue weighted by Crippen LogP contribution is -2.43. The number of aromatic nitrogens is 4. The molecule has 0 spiro atoms. The van der Waals surface area contributed by atoms with Crippen LogP contribution >= 0.6 is 23.2 Å². The summed E-state index contributed by atoms with van der Waals surface area (Å²) in [6.45, 7) is 8.16. The quantitative estimate of drug-likeness (QED) is 0.129. The summed E-state index contributed by atoms with van der Waals surface area (Å²) < 4.78 is 13.3. The Balaban J connectivity index is 1.06. The summed E-state index contributed by atoms with van der Waals surface area (Å²) in [5, 5.41) is 15.8. The SMILES string of the molecule is COc1nc(-c2ccnc(-c3cccc(NC(=O)c4nc5c(n4C)CN(CC4CCC(C(=O)O)CC4)CC5)c3Cl)c2Cl)ccc1CN(C[C@@H]1CCC(=O)N1)C(=O)OC(C)(C)C. The fourth-order valence-electron chi connectivity index (χ4n) is 8.41. The minimum absolute atomic E-state index is 0.0497. The number of hydrogen-bond acceptors (Lipinski definition) is 10. The van der Waals surface area contributed by atoms with Crippen molar-refractivity contribution >= 4 is 52.8 Å². The maximum absolute atomic E-state index is 13.8. The van der Waals surface area contributed by atoms with Crippen LogP contribution in [0.3, 0.4) is 0 Å². The van der Waals surface area contributed by atoms with Gasteiger partial charge in [0.15, 0.2) is 5.82 Å². The zero-order chi connectivity index (χ0) is 43.6. The molecule has 17 heteroatoms. The van der Waals surface area contributed by atoms with Crippen LogP contribution in [-0.4, -0.2) is 96.7 Å². The number of pyridine rings is 2. The Morgan fingerprint density at radius 2 is 1.77 bits per heavy atom. The van der Waals surface area contributed by atoms with Gasteiger partial charge in [-0.2, -0.15) is 0 Å². The molecular weight excluding hydrogens is 823 g/mol. The molecule has 2 fully saturated rings. The topological polar surface area (TPSA) is 181 Å². The zero-order valence-corrected chi connectivity index (χ0v) is 36.6. The Labute approximate surface area is 365 Å². The molecule has 7 rings (SSSR count). The van der Waals surface area contributed by atoms with Crippen LogP contribution in [0.25, 0.3) is 22.5 Å². The number of rotatable bonds is 12. The molecule has 0 unspecified atom stereocenters. The number of hydrogen-bond donors (Lipinski definition) is 3. The number of nitrogens with one attached hydrogen (secondary N) is 2. The second-order valence-electron chi connectivity index (χ2n) is 17.1. The summed E-state index contributed by atoms with van der Waals surface area (Å²) in [6, 6.07) is 10.4. The molecule has 15 nitrogen and oxygen atoms in total. The number of nitrogens with zero attached hydrogens (tertiary/aromatic N) is 6. The number of carbonyl (C=O) groups is 4. The van der Waals surface area contributed by atoms with Crippen LogP contribution in [0.2, 0.25) is 10.0 Å². The molecule has 4 aromatic rings. The molecule has 1 aromatic carbocycles. The predicted octanol–water partition coefficient (Wildman–Crippen LogP) is 7.38. The van der Waals surface area contributed by atoms with Gasteiger partial charge in [0.2, 0.25) is 11.8 Å². The third-order valence-corrected chi connectivity index (χ3v) is 12.4. The number of carboxylic acid groups (broad SMARTS) is 1. The lowest BCUT2D eigenvalue weighted by atomic mass is 9.81. The van der Waals surface area contributed by atoms with Gasteiger partial charge in [-0.25, -0.2) is 14.8 Å². The Hall–Kier alpha value is -5.25. The Bertz CT molecular complexity index is 2320. The number of methoxy groups -OCH3 is 1. The number of carboxylic acids is 1. The van der Waals surface area contributed by atoms with Crippen molar-refractivity contribution in [2.24, 2.45) is 18.9 Å². The summed E-state index contributed by atoms with van der Waals surface area (Å²) in [5.74, 6) is -0.375. The molecule has 324 valence electrons. The van der Waals surface area contributed by atoms with E-state index in [1.807, 2.05) is 17.7 Å². The third-order valence-electron chi connectivity index (χ3n) is 11.6. The van der Waals surface area contributed by atoms with Crippen LogP contribution in [0.15, 0.2) is 42.6 Å². The first-order valence-electron chi connectivity index (χ1n) is 20.6. The summed E-state index contributed by atoms with van der Waals surface area (Å²) >= 11 is 14.1. The van der Waals surface area contributed by atoms with Gasteiger partial charge in [0.05, 0.1) is 58.1 Å². The van der Waals surface area contributed by atoms with Gasteiger partial charge in [0, 0.05) is 75.0 Å². The lowest BCUT2D eigenvalue weighted by molar-refractivity contribution is -0.143. The molecule has 1 aliphatic carbocycles. The first kappa shape index (κ1) is 43.8. The molecule has 3 aromatic heterocycles. The van der Waals surface area contributed by atoms with Crippen molar-refractivity contribution in [1.29, 1.82) is 0 Å². The molecule has 1 saturated heterocycles. The van der Waals surface area contributed by atoms with Crippen LogP contribution in [-0.2, 0) is 40.9 Å². The van der Waals surface area contributed by atoms with Gasteiger partial charge >= 0.3 is 12.1 Å². The fraction of sp³-hybridized carbons (Fsp3) is 0.477. The summed E-state index contributed by atoms with van der Waals surface area (Å²) in [7, 11) is 3.34. The van der Waals surface area contributed by atoms with E-state index in [0.717, 1.165) is 50.2 Å². The second-order valence-corrected chi connectivity index (χ2v) is 17.9. The van der Waals surface area contributed by atoms with Crippen LogP contribution in [0.4, 0.5) is 10.5 Å². The maximum atomic E-state index is 13.8. The van der Waals surface area contributed by atoms with Gasteiger partial charge in [-0.3, -0.25) is 24.3 Å². The van der Waals surface area contributed by atoms with E-state index in [0.29, 0.717) is 65.5 Å². The first-order chi connectivity index (χ1) is 29.1. The highest BCUT2D eigenvalue weighted by Gasteiger charge is 2.32. The van der Waals surface area contributed by atoms with E-state index in [1.165, 1.54) is 7.11 Å². The number of amides is 3. The zero-order valence-electron chi connectivity index (χ0n) is 35.1. The first-order valence-corrected chi connectivity index (χ1v) is 21.4. The van der Waals surface area contributed by atoms with Gasteiger partial charge in [0.1, 0.15) is 5.60 Å². The number of carbonyl (C=O) groups excluding carboxylic acids is 3. The highest BCUT2D eigenvalue weighted by molar-refractivity contribution is 6.39. The van der Waals surface area contributed by atoms with Gasteiger partial charge in [-0.15, -0.1) is 0 Å². The summed E-state index contributed by atoms with van der Waals surface area (Å²) in [4.78, 5) is 68.4. The summed E-state index contributed by atoms with van der Waals surface area (Å²) in [5.41, 5.74) is 4.07.